The second-order valence-electron chi connectivity index (χ2n) is 6.60. The Bertz CT molecular complexity index is 485. The van der Waals surface area contributed by atoms with Gasteiger partial charge in [0, 0.05) is 37.1 Å². The number of hydrogen-bond donors (Lipinski definition) is 1. The third-order valence-electron chi connectivity index (χ3n) is 4.85. The molecule has 0 amide bonds. The van der Waals surface area contributed by atoms with Gasteiger partial charge in [-0.15, -0.1) is 0 Å². The van der Waals surface area contributed by atoms with Crippen LogP contribution in [0.4, 0.5) is 5.95 Å². The van der Waals surface area contributed by atoms with Crippen LogP contribution in [0.5, 0.6) is 0 Å². The average molecular weight is 274 g/mol. The lowest BCUT2D eigenvalue weighted by molar-refractivity contribution is 0.440. The van der Waals surface area contributed by atoms with Crippen LogP contribution in [0, 0.1) is 18.8 Å². The molecule has 2 aliphatic heterocycles. The van der Waals surface area contributed by atoms with Crippen molar-refractivity contribution >= 4 is 5.95 Å². The molecule has 4 heteroatoms. The van der Waals surface area contributed by atoms with E-state index in [-0.39, 0.29) is 0 Å². The number of hydrogen-bond acceptors (Lipinski definition) is 4. The van der Waals surface area contributed by atoms with Gasteiger partial charge in [0.25, 0.3) is 0 Å². The van der Waals surface area contributed by atoms with E-state index in [9.17, 15) is 0 Å². The number of anilines is 1. The maximum Gasteiger partial charge on any atom is 0.226 e. The molecule has 3 atom stereocenters. The smallest absolute Gasteiger partial charge is 0.226 e. The molecule has 3 unspecified atom stereocenters. The Balaban J connectivity index is 1.92. The third kappa shape index (κ3) is 2.30. The summed E-state index contributed by atoms with van der Waals surface area (Å²) in [6.45, 7) is 12.2. The standard InChI is InChI=1S/C16H26N4/c1-5-15-13-8-17-7-12(13)9-20(15)16-18-11(4)6-14(19-16)10(2)3/h6,10,12-13,15,17H,5,7-9H2,1-4H3. The zero-order valence-electron chi connectivity index (χ0n) is 13.1. The van der Waals surface area contributed by atoms with E-state index in [1.807, 2.05) is 0 Å². The summed E-state index contributed by atoms with van der Waals surface area (Å²) >= 11 is 0. The lowest BCUT2D eigenvalue weighted by atomic mass is 9.93. The van der Waals surface area contributed by atoms with Gasteiger partial charge in [-0.2, -0.15) is 0 Å². The largest absolute Gasteiger partial charge is 0.337 e. The zero-order valence-corrected chi connectivity index (χ0v) is 13.1. The number of aromatic nitrogens is 2. The molecule has 0 bridgehead atoms. The van der Waals surface area contributed by atoms with E-state index < -0.39 is 0 Å². The summed E-state index contributed by atoms with van der Waals surface area (Å²) in [5, 5.41) is 3.53. The van der Waals surface area contributed by atoms with Gasteiger partial charge in [-0.1, -0.05) is 20.8 Å². The minimum absolute atomic E-state index is 0.458. The van der Waals surface area contributed by atoms with E-state index in [1.54, 1.807) is 0 Å². The highest BCUT2D eigenvalue weighted by atomic mass is 15.3. The Hall–Kier alpha value is -1.16. The average Bonchev–Trinajstić information content (AvgIpc) is 2.97. The molecule has 2 fully saturated rings. The van der Waals surface area contributed by atoms with E-state index in [1.165, 1.54) is 6.42 Å². The first-order valence-electron chi connectivity index (χ1n) is 7.93. The topological polar surface area (TPSA) is 41.0 Å². The van der Waals surface area contributed by atoms with E-state index in [4.69, 9.17) is 9.97 Å². The highest BCUT2D eigenvalue weighted by Gasteiger charge is 2.44. The molecule has 0 spiro atoms. The molecule has 2 saturated heterocycles. The lowest BCUT2D eigenvalue weighted by Gasteiger charge is -2.27. The fourth-order valence-electron chi connectivity index (χ4n) is 3.78. The molecule has 3 rings (SSSR count). The number of fused-ring (bicyclic) bond motifs is 1. The van der Waals surface area contributed by atoms with Crippen LogP contribution < -0.4 is 10.2 Å². The van der Waals surface area contributed by atoms with Crippen molar-refractivity contribution < 1.29 is 0 Å². The van der Waals surface area contributed by atoms with Crippen LogP contribution in [0.15, 0.2) is 6.07 Å². The Morgan fingerprint density at radius 2 is 2.15 bits per heavy atom. The maximum atomic E-state index is 4.83. The van der Waals surface area contributed by atoms with Crippen molar-refractivity contribution in [2.45, 2.75) is 46.1 Å². The predicted molar refractivity (Wildman–Crippen MR) is 82.1 cm³/mol. The normalized spacial score (nSPS) is 29.2. The summed E-state index contributed by atoms with van der Waals surface area (Å²) in [5.74, 6) is 2.95. The van der Waals surface area contributed by atoms with Crippen molar-refractivity contribution in [2.75, 3.05) is 24.5 Å². The summed E-state index contributed by atoms with van der Waals surface area (Å²) < 4.78 is 0. The molecule has 4 nitrogen and oxygen atoms in total. The highest BCUT2D eigenvalue weighted by molar-refractivity contribution is 5.38. The third-order valence-corrected chi connectivity index (χ3v) is 4.85. The summed E-state index contributed by atoms with van der Waals surface area (Å²) in [6, 6.07) is 2.71. The van der Waals surface area contributed by atoms with Gasteiger partial charge >= 0.3 is 0 Å². The molecule has 1 N–H and O–H groups in total. The molecule has 0 saturated carbocycles. The van der Waals surface area contributed by atoms with Gasteiger partial charge in [-0.3, -0.25) is 0 Å². The minimum Gasteiger partial charge on any atom is -0.337 e. The van der Waals surface area contributed by atoms with Crippen LogP contribution >= 0.6 is 0 Å². The van der Waals surface area contributed by atoms with Crippen LogP contribution in [0.3, 0.4) is 0 Å². The SMILES string of the molecule is CCC1C2CNCC2CN1c1nc(C)cc(C(C)C)n1. The van der Waals surface area contributed by atoms with Crippen LogP contribution in [0.25, 0.3) is 0 Å². The molecule has 0 radical (unpaired) electrons. The van der Waals surface area contributed by atoms with Crippen molar-refractivity contribution in [3.8, 4) is 0 Å². The van der Waals surface area contributed by atoms with Gasteiger partial charge in [-0.25, -0.2) is 9.97 Å². The van der Waals surface area contributed by atoms with Crippen molar-refractivity contribution in [1.29, 1.82) is 0 Å². The monoisotopic (exact) mass is 274 g/mol. The van der Waals surface area contributed by atoms with Crippen molar-refractivity contribution in [3.05, 3.63) is 17.5 Å². The van der Waals surface area contributed by atoms with Crippen molar-refractivity contribution in [3.63, 3.8) is 0 Å². The zero-order chi connectivity index (χ0) is 14.3. The minimum atomic E-state index is 0.458. The first kappa shape index (κ1) is 13.8. The highest BCUT2D eigenvalue weighted by Crippen LogP contribution is 2.36. The first-order valence-corrected chi connectivity index (χ1v) is 7.93. The van der Waals surface area contributed by atoms with Gasteiger partial charge in [0.1, 0.15) is 0 Å². The van der Waals surface area contributed by atoms with Gasteiger partial charge in [-0.05, 0) is 37.2 Å². The number of aryl methyl sites for hydroxylation is 1. The number of rotatable bonds is 3. The van der Waals surface area contributed by atoms with Crippen LogP contribution in [0.1, 0.15) is 44.5 Å². The van der Waals surface area contributed by atoms with Gasteiger partial charge in [0.2, 0.25) is 5.95 Å². The molecule has 2 aliphatic rings. The number of nitrogens with one attached hydrogen (secondary N) is 1. The van der Waals surface area contributed by atoms with Crippen LogP contribution in [-0.2, 0) is 0 Å². The second-order valence-corrected chi connectivity index (χ2v) is 6.60. The van der Waals surface area contributed by atoms with E-state index in [0.29, 0.717) is 12.0 Å². The van der Waals surface area contributed by atoms with Gasteiger partial charge < -0.3 is 10.2 Å². The number of nitrogens with zero attached hydrogens (tertiary/aromatic N) is 3. The summed E-state index contributed by atoms with van der Waals surface area (Å²) in [6.07, 6.45) is 1.18. The molecule has 20 heavy (non-hydrogen) atoms. The first-order chi connectivity index (χ1) is 9.60. The lowest BCUT2D eigenvalue weighted by Crippen LogP contribution is -2.36. The molecule has 3 heterocycles. The molecule has 1 aromatic rings. The molecular formula is C16H26N4. The Morgan fingerprint density at radius 1 is 1.35 bits per heavy atom. The van der Waals surface area contributed by atoms with E-state index in [0.717, 1.165) is 48.8 Å². The van der Waals surface area contributed by atoms with Crippen molar-refractivity contribution in [2.24, 2.45) is 11.8 Å². The Labute approximate surface area is 122 Å². The maximum absolute atomic E-state index is 4.83. The summed E-state index contributed by atoms with van der Waals surface area (Å²) in [4.78, 5) is 12.0. The van der Waals surface area contributed by atoms with E-state index >= 15 is 0 Å². The fraction of sp³-hybridized carbons (Fsp3) is 0.750. The predicted octanol–water partition coefficient (Wildman–Crippen LogP) is 2.34. The van der Waals surface area contributed by atoms with Gasteiger partial charge in [0.05, 0.1) is 0 Å². The molecular weight excluding hydrogens is 248 g/mol. The van der Waals surface area contributed by atoms with Crippen LogP contribution in [0.2, 0.25) is 0 Å². The summed E-state index contributed by atoms with van der Waals surface area (Å²) in [5.41, 5.74) is 2.25. The van der Waals surface area contributed by atoms with Crippen LogP contribution in [-0.4, -0.2) is 35.6 Å². The van der Waals surface area contributed by atoms with Crippen molar-refractivity contribution in [1.82, 2.24) is 15.3 Å². The molecule has 1 aromatic heterocycles. The Kier molecular flexibility index (Phi) is 3.67. The Morgan fingerprint density at radius 3 is 2.85 bits per heavy atom. The fourth-order valence-corrected chi connectivity index (χ4v) is 3.78. The molecule has 110 valence electrons. The van der Waals surface area contributed by atoms with E-state index in [2.05, 4.69) is 44.0 Å². The summed E-state index contributed by atoms with van der Waals surface area (Å²) in [7, 11) is 0. The second kappa shape index (κ2) is 5.32. The quantitative estimate of drug-likeness (QED) is 0.918. The molecule has 0 aromatic carbocycles. The van der Waals surface area contributed by atoms with Gasteiger partial charge in [0.15, 0.2) is 0 Å². The molecule has 0 aliphatic carbocycles.